The summed E-state index contributed by atoms with van der Waals surface area (Å²) >= 11 is 5.99. The van der Waals surface area contributed by atoms with E-state index in [1.807, 2.05) is 25.7 Å². The van der Waals surface area contributed by atoms with Crippen LogP contribution in [0.2, 0.25) is 5.02 Å². The summed E-state index contributed by atoms with van der Waals surface area (Å²) in [7, 11) is 0. The van der Waals surface area contributed by atoms with Gasteiger partial charge in [-0.15, -0.1) is 0 Å². The van der Waals surface area contributed by atoms with Gasteiger partial charge in [0.05, 0.1) is 0 Å². The van der Waals surface area contributed by atoms with Crippen molar-refractivity contribution in [3.8, 4) is 0 Å². The molecule has 1 aliphatic heterocycles. The van der Waals surface area contributed by atoms with Gasteiger partial charge in [-0.1, -0.05) is 23.7 Å². The van der Waals surface area contributed by atoms with Gasteiger partial charge < -0.3 is 15.2 Å². The van der Waals surface area contributed by atoms with Crippen LogP contribution in [0.15, 0.2) is 24.3 Å². The van der Waals surface area contributed by atoms with Crippen LogP contribution in [0.4, 0.5) is 4.79 Å². The summed E-state index contributed by atoms with van der Waals surface area (Å²) in [6, 6.07) is 6.19. The Kier molecular flexibility index (Phi) is 6.30. The Morgan fingerprint density at radius 3 is 2.48 bits per heavy atom. The molecule has 2 N–H and O–H groups in total. The highest BCUT2D eigenvalue weighted by Crippen LogP contribution is 2.27. The molecule has 6 nitrogen and oxygen atoms in total. The number of hydrogen-bond acceptors (Lipinski definition) is 4. The van der Waals surface area contributed by atoms with E-state index in [0.29, 0.717) is 36.5 Å². The van der Waals surface area contributed by atoms with Gasteiger partial charge in [0.1, 0.15) is 11.6 Å². The fraction of sp³-hybridized carbons (Fsp3) is 0.556. The topological polar surface area (TPSA) is 78.9 Å². The Labute approximate surface area is 153 Å². The summed E-state index contributed by atoms with van der Waals surface area (Å²) < 4.78 is 5.26. The Balaban J connectivity index is 1.95. The number of alkyl carbamates (subject to hydrolysis) is 1. The molecule has 1 aromatic rings. The van der Waals surface area contributed by atoms with Gasteiger partial charge >= 0.3 is 12.1 Å². The van der Waals surface area contributed by atoms with Crippen LogP contribution < -0.4 is 5.32 Å². The number of piperidine rings is 1. The predicted molar refractivity (Wildman–Crippen MR) is 95.8 cm³/mol. The monoisotopic (exact) mass is 368 g/mol. The van der Waals surface area contributed by atoms with Crippen LogP contribution in [0.5, 0.6) is 0 Å². The number of carbonyl (C=O) groups is 2. The Bertz CT molecular complexity index is 622. The van der Waals surface area contributed by atoms with Gasteiger partial charge in [0.15, 0.2) is 0 Å². The van der Waals surface area contributed by atoms with E-state index in [1.54, 1.807) is 24.3 Å². The van der Waals surface area contributed by atoms with Crippen LogP contribution >= 0.6 is 11.6 Å². The van der Waals surface area contributed by atoms with E-state index in [9.17, 15) is 14.7 Å². The highest BCUT2D eigenvalue weighted by molar-refractivity contribution is 6.30. The Hall–Kier alpha value is -1.79. The third-order valence-electron chi connectivity index (χ3n) is 4.01. The average Bonchev–Trinajstić information content (AvgIpc) is 2.47. The van der Waals surface area contributed by atoms with E-state index in [2.05, 4.69) is 5.32 Å². The molecular formula is C18H25ClN2O4. The number of nitrogens with one attached hydrogen (secondary N) is 1. The second-order valence-corrected chi connectivity index (χ2v) is 7.69. The normalized spacial score (nSPS) is 17.8. The highest BCUT2D eigenvalue weighted by Gasteiger charge is 2.32. The van der Waals surface area contributed by atoms with Crippen LogP contribution in [-0.4, -0.2) is 46.8 Å². The maximum atomic E-state index is 11.9. The van der Waals surface area contributed by atoms with Crippen molar-refractivity contribution < 1.29 is 19.4 Å². The molecule has 0 saturated carbocycles. The van der Waals surface area contributed by atoms with Crippen molar-refractivity contribution >= 4 is 23.7 Å². The summed E-state index contributed by atoms with van der Waals surface area (Å²) in [6.07, 6.45) is 0.906. The second kappa shape index (κ2) is 8.06. The molecule has 0 spiro atoms. The molecule has 1 aliphatic rings. The molecule has 25 heavy (non-hydrogen) atoms. The molecule has 1 heterocycles. The molecule has 1 fully saturated rings. The van der Waals surface area contributed by atoms with Crippen molar-refractivity contribution in [1.82, 2.24) is 10.2 Å². The predicted octanol–water partition coefficient (Wildman–Crippen LogP) is 3.45. The molecule has 0 bridgehead atoms. The Morgan fingerprint density at radius 1 is 1.32 bits per heavy atom. The number of carboxylic acids is 1. The second-order valence-electron chi connectivity index (χ2n) is 7.25. The number of ether oxygens (including phenoxy) is 1. The average molecular weight is 369 g/mol. The maximum absolute atomic E-state index is 11.9. The number of likely N-dealkylation sites (tertiary alicyclic amines) is 1. The number of halogens is 1. The van der Waals surface area contributed by atoms with Gasteiger partial charge in [-0.3, -0.25) is 9.69 Å². The van der Waals surface area contributed by atoms with E-state index < -0.39 is 23.7 Å². The summed E-state index contributed by atoms with van der Waals surface area (Å²) in [5.41, 5.74) is 0.129. The maximum Gasteiger partial charge on any atom is 0.407 e. The number of nitrogens with zero attached hydrogens (tertiary/aromatic N) is 1. The van der Waals surface area contributed by atoms with Crippen LogP contribution in [0, 0.1) is 0 Å². The summed E-state index contributed by atoms with van der Waals surface area (Å²) in [6.45, 7) is 6.60. The zero-order chi connectivity index (χ0) is 18.6. The molecule has 0 aliphatic carbocycles. The lowest BCUT2D eigenvalue weighted by molar-refractivity contribution is -0.144. The molecular weight excluding hydrogens is 344 g/mol. The lowest BCUT2D eigenvalue weighted by atomic mass is 9.99. The number of aliphatic carboxylic acids is 1. The van der Waals surface area contributed by atoms with Crippen LogP contribution in [-0.2, 0) is 9.53 Å². The zero-order valence-electron chi connectivity index (χ0n) is 14.8. The first kappa shape index (κ1) is 19.5. The smallest absolute Gasteiger partial charge is 0.407 e. The molecule has 0 unspecified atom stereocenters. The van der Waals surface area contributed by atoms with E-state index in [0.717, 1.165) is 0 Å². The van der Waals surface area contributed by atoms with Gasteiger partial charge in [0.2, 0.25) is 0 Å². The molecule has 1 aromatic carbocycles. The lowest BCUT2D eigenvalue weighted by Gasteiger charge is -2.36. The van der Waals surface area contributed by atoms with Gasteiger partial charge in [-0.25, -0.2) is 4.79 Å². The largest absolute Gasteiger partial charge is 0.480 e. The van der Waals surface area contributed by atoms with E-state index in [-0.39, 0.29) is 6.04 Å². The number of carbonyl (C=O) groups excluding carboxylic acids is 1. The molecule has 1 amide bonds. The minimum Gasteiger partial charge on any atom is -0.480 e. The molecule has 138 valence electrons. The number of benzene rings is 1. The van der Waals surface area contributed by atoms with Crippen molar-refractivity contribution in [2.45, 2.75) is 51.3 Å². The van der Waals surface area contributed by atoms with Crippen molar-refractivity contribution in [3.63, 3.8) is 0 Å². The number of rotatable bonds is 4. The quantitative estimate of drug-likeness (QED) is 0.850. The van der Waals surface area contributed by atoms with E-state index >= 15 is 0 Å². The molecule has 1 saturated heterocycles. The van der Waals surface area contributed by atoms with Crippen LogP contribution in [0.1, 0.15) is 45.2 Å². The third-order valence-corrected chi connectivity index (χ3v) is 4.25. The van der Waals surface area contributed by atoms with Crippen LogP contribution in [0.25, 0.3) is 0 Å². The molecule has 0 aromatic heterocycles. The number of carboxylic acid groups (broad SMARTS) is 1. The van der Waals surface area contributed by atoms with Gasteiger partial charge in [-0.05, 0) is 51.3 Å². The first-order valence-corrected chi connectivity index (χ1v) is 8.75. The minimum atomic E-state index is -0.902. The highest BCUT2D eigenvalue weighted by atomic mass is 35.5. The van der Waals surface area contributed by atoms with E-state index in [1.165, 1.54) is 0 Å². The summed E-state index contributed by atoms with van der Waals surface area (Å²) in [5, 5.41) is 13.0. The lowest BCUT2D eigenvalue weighted by Crippen LogP contribution is -2.48. The van der Waals surface area contributed by atoms with Crippen molar-refractivity contribution in [1.29, 1.82) is 0 Å². The fourth-order valence-corrected chi connectivity index (χ4v) is 3.16. The molecule has 1 atom stereocenters. The van der Waals surface area contributed by atoms with Crippen molar-refractivity contribution in [2.24, 2.45) is 0 Å². The SMILES string of the molecule is CC(C)(C)OC(=O)NC1CCN([C@@H](C(=O)O)c2cccc(Cl)c2)CC1. The molecule has 0 radical (unpaired) electrons. The first-order chi connectivity index (χ1) is 11.7. The summed E-state index contributed by atoms with van der Waals surface area (Å²) in [4.78, 5) is 25.5. The Morgan fingerprint density at radius 2 is 1.96 bits per heavy atom. The van der Waals surface area contributed by atoms with Gasteiger partial charge in [-0.2, -0.15) is 0 Å². The standard InChI is InChI=1S/C18H25ClN2O4/c1-18(2,3)25-17(24)20-14-7-9-21(10-8-14)15(16(22)23)12-5-4-6-13(19)11-12/h4-6,11,14-15H,7-10H2,1-3H3,(H,20,24)(H,22,23)/t15-/m1/s1. The molecule has 2 rings (SSSR count). The first-order valence-electron chi connectivity index (χ1n) is 8.37. The minimum absolute atomic E-state index is 0.0140. The van der Waals surface area contributed by atoms with Crippen LogP contribution in [0.3, 0.4) is 0 Å². The number of hydrogen-bond donors (Lipinski definition) is 2. The fourth-order valence-electron chi connectivity index (χ4n) is 2.96. The third kappa shape index (κ3) is 5.90. The zero-order valence-corrected chi connectivity index (χ0v) is 15.5. The summed E-state index contributed by atoms with van der Waals surface area (Å²) in [5.74, 6) is -0.902. The van der Waals surface area contributed by atoms with Crippen molar-refractivity contribution in [3.05, 3.63) is 34.9 Å². The van der Waals surface area contributed by atoms with E-state index in [4.69, 9.17) is 16.3 Å². The number of amides is 1. The van der Waals surface area contributed by atoms with Crippen molar-refractivity contribution in [2.75, 3.05) is 13.1 Å². The van der Waals surface area contributed by atoms with Gasteiger partial charge in [0, 0.05) is 24.2 Å². The molecule has 7 heteroatoms. The van der Waals surface area contributed by atoms with Gasteiger partial charge in [0.25, 0.3) is 0 Å².